The predicted molar refractivity (Wildman–Crippen MR) is 71.7 cm³/mol. The maximum atomic E-state index is 8.74. The molecule has 0 fully saturated rings. The van der Waals surface area contributed by atoms with E-state index in [-0.39, 0.29) is 6.61 Å². The van der Waals surface area contributed by atoms with Gasteiger partial charge in [0, 0.05) is 25.0 Å². The third-order valence-corrected chi connectivity index (χ3v) is 2.95. The van der Waals surface area contributed by atoms with E-state index in [9.17, 15) is 0 Å². The van der Waals surface area contributed by atoms with E-state index in [4.69, 9.17) is 5.11 Å². The van der Waals surface area contributed by atoms with E-state index in [2.05, 4.69) is 41.6 Å². The van der Waals surface area contributed by atoms with Crippen molar-refractivity contribution in [1.29, 1.82) is 0 Å². The molecule has 0 amide bonds. The molecule has 4 nitrogen and oxygen atoms in total. The Balaban J connectivity index is 1.99. The van der Waals surface area contributed by atoms with E-state index < -0.39 is 0 Å². The lowest BCUT2D eigenvalue weighted by atomic mass is 10.1. The number of nitrogens with one attached hydrogen (secondary N) is 1. The molecule has 1 aromatic carbocycles. The first-order chi connectivity index (χ1) is 8.81. The van der Waals surface area contributed by atoms with Crippen molar-refractivity contribution in [1.82, 2.24) is 15.1 Å². The Morgan fingerprint density at radius 1 is 1.33 bits per heavy atom. The van der Waals surface area contributed by atoms with Crippen LogP contribution < -0.4 is 5.32 Å². The second-order valence-electron chi connectivity index (χ2n) is 4.30. The summed E-state index contributed by atoms with van der Waals surface area (Å²) in [5.74, 6) is 0. The van der Waals surface area contributed by atoms with Crippen LogP contribution >= 0.6 is 0 Å². The zero-order chi connectivity index (χ0) is 12.8. The number of hydrogen-bond donors (Lipinski definition) is 2. The molecule has 1 heterocycles. The molecule has 2 aromatic rings. The number of benzene rings is 1. The smallest absolute Gasteiger partial charge is 0.0645 e. The van der Waals surface area contributed by atoms with E-state index in [0.717, 1.165) is 18.7 Å². The van der Waals surface area contributed by atoms with Crippen molar-refractivity contribution in [2.45, 2.75) is 19.4 Å². The predicted octanol–water partition coefficient (Wildman–Crippen LogP) is 1.91. The van der Waals surface area contributed by atoms with Crippen molar-refractivity contribution >= 4 is 0 Å². The molecule has 96 valence electrons. The SMILES string of the molecule is CC(NCCCO)c1ccc(-n2cccn2)cc1. The molecule has 0 saturated carbocycles. The third-order valence-electron chi connectivity index (χ3n) is 2.95. The largest absolute Gasteiger partial charge is 0.396 e. The van der Waals surface area contributed by atoms with Gasteiger partial charge < -0.3 is 10.4 Å². The van der Waals surface area contributed by atoms with Crippen LogP contribution in [-0.2, 0) is 0 Å². The van der Waals surface area contributed by atoms with Crippen molar-refractivity contribution in [3.63, 3.8) is 0 Å². The fraction of sp³-hybridized carbons (Fsp3) is 0.357. The Kier molecular flexibility index (Phi) is 4.50. The van der Waals surface area contributed by atoms with Crippen LogP contribution in [0.4, 0.5) is 0 Å². The van der Waals surface area contributed by atoms with E-state index in [1.807, 2.05) is 16.9 Å². The number of aliphatic hydroxyl groups excluding tert-OH is 1. The zero-order valence-corrected chi connectivity index (χ0v) is 10.6. The van der Waals surface area contributed by atoms with Gasteiger partial charge in [-0.1, -0.05) is 12.1 Å². The minimum absolute atomic E-state index is 0.234. The van der Waals surface area contributed by atoms with Crippen molar-refractivity contribution in [3.05, 3.63) is 48.3 Å². The number of hydrogen-bond acceptors (Lipinski definition) is 3. The van der Waals surface area contributed by atoms with Gasteiger partial charge >= 0.3 is 0 Å². The van der Waals surface area contributed by atoms with Gasteiger partial charge in [-0.25, -0.2) is 4.68 Å². The topological polar surface area (TPSA) is 50.1 Å². The summed E-state index contributed by atoms with van der Waals surface area (Å²) in [4.78, 5) is 0. The molecule has 0 aliphatic carbocycles. The lowest BCUT2D eigenvalue weighted by Crippen LogP contribution is -2.20. The van der Waals surface area contributed by atoms with Crippen LogP contribution in [0.25, 0.3) is 5.69 Å². The van der Waals surface area contributed by atoms with Crippen LogP contribution in [-0.4, -0.2) is 28.0 Å². The molecular weight excluding hydrogens is 226 g/mol. The molecule has 4 heteroatoms. The van der Waals surface area contributed by atoms with Crippen LogP contribution in [0.5, 0.6) is 0 Å². The van der Waals surface area contributed by atoms with Crippen LogP contribution in [0, 0.1) is 0 Å². The molecule has 0 aliphatic rings. The monoisotopic (exact) mass is 245 g/mol. The van der Waals surface area contributed by atoms with Gasteiger partial charge in [-0.3, -0.25) is 0 Å². The third kappa shape index (κ3) is 3.18. The van der Waals surface area contributed by atoms with Gasteiger partial charge in [0.1, 0.15) is 0 Å². The van der Waals surface area contributed by atoms with Gasteiger partial charge in [0.05, 0.1) is 5.69 Å². The zero-order valence-electron chi connectivity index (χ0n) is 10.6. The molecule has 18 heavy (non-hydrogen) atoms. The molecule has 2 N–H and O–H groups in total. The van der Waals surface area contributed by atoms with Crippen molar-refractivity contribution in [3.8, 4) is 5.69 Å². The first-order valence-corrected chi connectivity index (χ1v) is 6.25. The van der Waals surface area contributed by atoms with Gasteiger partial charge in [-0.2, -0.15) is 5.10 Å². The first kappa shape index (κ1) is 12.8. The summed E-state index contributed by atoms with van der Waals surface area (Å²) in [5.41, 5.74) is 2.30. The van der Waals surface area contributed by atoms with Gasteiger partial charge in [0.25, 0.3) is 0 Å². The number of rotatable bonds is 6. The number of nitrogens with zero attached hydrogens (tertiary/aromatic N) is 2. The van der Waals surface area contributed by atoms with Crippen molar-refractivity contribution < 1.29 is 5.11 Å². The summed E-state index contributed by atoms with van der Waals surface area (Å²) in [7, 11) is 0. The summed E-state index contributed by atoms with van der Waals surface area (Å²) in [6.45, 7) is 3.19. The molecular formula is C14H19N3O. The Morgan fingerprint density at radius 2 is 2.11 bits per heavy atom. The highest BCUT2D eigenvalue weighted by Gasteiger charge is 2.04. The van der Waals surface area contributed by atoms with Crippen LogP contribution in [0.15, 0.2) is 42.7 Å². The normalized spacial score (nSPS) is 12.6. The molecule has 0 radical (unpaired) electrons. The van der Waals surface area contributed by atoms with Crippen LogP contribution in [0.1, 0.15) is 24.9 Å². The highest BCUT2D eigenvalue weighted by molar-refractivity contribution is 5.34. The van der Waals surface area contributed by atoms with Crippen LogP contribution in [0.3, 0.4) is 0 Å². The average molecular weight is 245 g/mol. The minimum Gasteiger partial charge on any atom is -0.396 e. The molecule has 1 atom stereocenters. The Bertz CT molecular complexity index is 450. The van der Waals surface area contributed by atoms with E-state index >= 15 is 0 Å². The van der Waals surface area contributed by atoms with Crippen molar-refractivity contribution in [2.75, 3.05) is 13.2 Å². The standard InChI is InChI=1S/C14H19N3O/c1-12(15-8-3-11-18)13-4-6-14(7-5-13)17-10-2-9-16-17/h2,4-7,9-10,12,15,18H,3,8,11H2,1H3. The molecule has 0 spiro atoms. The summed E-state index contributed by atoms with van der Waals surface area (Å²) in [5, 5.41) is 16.3. The summed E-state index contributed by atoms with van der Waals surface area (Å²) < 4.78 is 1.84. The maximum Gasteiger partial charge on any atom is 0.0645 e. The summed E-state index contributed by atoms with van der Waals surface area (Å²) in [6.07, 6.45) is 4.49. The molecule has 0 aliphatic heterocycles. The lowest BCUT2D eigenvalue weighted by molar-refractivity contribution is 0.284. The summed E-state index contributed by atoms with van der Waals surface area (Å²) in [6, 6.07) is 10.5. The Labute approximate surface area is 107 Å². The van der Waals surface area contributed by atoms with Gasteiger partial charge in [0.15, 0.2) is 0 Å². The number of aromatic nitrogens is 2. The molecule has 0 bridgehead atoms. The molecule has 1 unspecified atom stereocenters. The van der Waals surface area contributed by atoms with Gasteiger partial charge in [0.2, 0.25) is 0 Å². The molecule has 1 aromatic heterocycles. The van der Waals surface area contributed by atoms with E-state index in [1.165, 1.54) is 5.56 Å². The van der Waals surface area contributed by atoms with E-state index in [1.54, 1.807) is 6.20 Å². The average Bonchev–Trinajstić information content (AvgIpc) is 2.93. The van der Waals surface area contributed by atoms with Crippen molar-refractivity contribution in [2.24, 2.45) is 0 Å². The fourth-order valence-electron chi connectivity index (χ4n) is 1.85. The van der Waals surface area contributed by atoms with Crippen LogP contribution in [0.2, 0.25) is 0 Å². The molecule has 2 rings (SSSR count). The highest BCUT2D eigenvalue weighted by Crippen LogP contribution is 2.15. The summed E-state index contributed by atoms with van der Waals surface area (Å²) >= 11 is 0. The van der Waals surface area contributed by atoms with Gasteiger partial charge in [-0.05, 0) is 43.7 Å². The quantitative estimate of drug-likeness (QED) is 0.764. The second-order valence-corrected chi connectivity index (χ2v) is 4.30. The maximum absolute atomic E-state index is 8.74. The fourth-order valence-corrected chi connectivity index (χ4v) is 1.85. The Morgan fingerprint density at radius 3 is 2.72 bits per heavy atom. The lowest BCUT2D eigenvalue weighted by Gasteiger charge is -2.14. The molecule has 0 saturated heterocycles. The highest BCUT2D eigenvalue weighted by atomic mass is 16.3. The minimum atomic E-state index is 0.234. The van der Waals surface area contributed by atoms with Gasteiger partial charge in [-0.15, -0.1) is 0 Å². The first-order valence-electron chi connectivity index (χ1n) is 6.25. The number of aliphatic hydroxyl groups is 1. The Hall–Kier alpha value is -1.65. The second kappa shape index (κ2) is 6.33. The van der Waals surface area contributed by atoms with E-state index in [0.29, 0.717) is 6.04 Å².